The second-order valence-electron chi connectivity index (χ2n) is 7.64. The van der Waals surface area contributed by atoms with Gasteiger partial charge >= 0.3 is 0 Å². The largest absolute Gasteiger partial charge is 0.350 e. The maximum atomic E-state index is 12.5. The van der Waals surface area contributed by atoms with Gasteiger partial charge in [0.05, 0.1) is 13.1 Å². The van der Waals surface area contributed by atoms with Gasteiger partial charge in [-0.25, -0.2) is 0 Å². The van der Waals surface area contributed by atoms with Gasteiger partial charge in [0.15, 0.2) is 5.78 Å². The summed E-state index contributed by atoms with van der Waals surface area (Å²) in [6.07, 6.45) is 0. The SMILES string of the molecule is Cc1cc(C(=O)CN(C)CC(=O)NC(C)(C)C)c(C)n1C(C)C. The quantitative estimate of drug-likeness (QED) is 0.820. The molecule has 0 atom stereocenters. The summed E-state index contributed by atoms with van der Waals surface area (Å²) in [6, 6.07) is 2.27. The molecule has 0 fully saturated rings. The van der Waals surface area contributed by atoms with E-state index in [-0.39, 0.29) is 30.3 Å². The zero-order chi connectivity index (χ0) is 17.9. The molecule has 23 heavy (non-hydrogen) atoms. The smallest absolute Gasteiger partial charge is 0.234 e. The summed E-state index contributed by atoms with van der Waals surface area (Å²) < 4.78 is 2.17. The third kappa shape index (κ3) is 5.50. The topological polar surface area (TPSA) is 54.3 Å². The molecule has 5 nitrogen and oxygen atoms in total. The van der Waals surface area contributed by atoms with Crippen molar-refractivity contribution in [3.8, 4) is 0 Å². The van der Waals surface area contributed by atoms with Crippen LogP contribution in [0, 0.1) is 13.8 Å². The number of aryl methyl sites for hydroxylation is 1. The van der Waals surface area contributed by atoms with Gasteiger partial charge in [-0.2, -0.15) is 0 Å². The number of carbonyl (C=O) groups is 2. The second-order valence-corrected chi connectivity index (χ2v) is 7.64. The highest BCUT2D eigenvalue weighted by atomic mass is 16.2. The lowest BCUT2D eigenvalue weighted by atomic mass is 10.1. The van der Waals surface area contributed by atoms with E-state index in [1.807, 2.05) is 40.7 Å². The molecule has 1 aromatic rings. The summed E-state index contributed by atoms with van der Waals surface area (Å²) >= 11 is 0. The molecule has 0 spiro atoms. The van der Waals surface area contributed by atoms with Gasteiger partial charge in [-0.15, -0.1) is 0 Å². The summed E-state index contributed by atoms with van der Waals surface area (Å²) in [6.45, 7) is 14.5. The second kappa shape index (κ2) is 7.30. The molecule has 0 saturated heterocycles. The minimum atomic E-state index is -0.260. The molecule has 0 aromatic carbocycles. The molecule has 1 rings (SSSR count). The first-order chi connectivity index (χ1) is 10.4. The number of hydrogen-bond acceptors (Lipinski definition) is 3. The van der Waals surface area contributed by atoms with Gasteiger partial charge in [0.1, 0.15) is 0 Å². The molecule has 0 unspecified atom stereocenters. The van der Waals surface area contributed by atoms with Crippen LogP contribution in [-0.2, 0) is 4.79 Å². The van der Waals surface area contributed by atoms with Crippen LogP contribution >= 0.6 is 0 Å². The van der Waals surface area contributed by atoms with Gasteiger partial charge in [-0.3, -0.25) is 14.5 Å². The molecule has 0 radical (unpaired) electrons. The minimum absolute atomic E-state index is 0.0519. The number of nitrogens with one attached hydrogen (secondary N) is 1. The number of nitrogens with zero attached hydrogens (tertiary/aromatic N) is 2. The zero-order valence-corrected chi connectivity index (χ0v) is 15.8. The standard InChI is InChI=1S/C18H31N3O2/c1-12(2)21-13(3)9-15(14(21)4)16(22)10-20(8)11-17(23)19-18(5,6)7/h9,12H,10-11H2,1-8H3,(H,19,23). The van der Waals surface area contributed by atoms with Crippen molar-refractivity contribution in [1.82, 2.24) is 14.8 Å². The van der Waals surface area contributed by atoms with Crippen LogP contribution in [-0.4, -0.2) is 46.8 Å². The molecule has 1 aromatic heterocycles. The third-order valence-corrected chi connectivity index (χ3v) is 3.64. The van der Waals surface area contributed by atoms with E-state index in [0.717, 1.165) is 17.0 Å². The first kappa shape index (κ1) is 19.4. The molecule has 1 N–H and O–H groups in total. The maximum absolute atomic E-state index is 12.5. The zero-order valence-electron chi connectivity index (χ0n) is 15.8. The number of hydrogen-bond donors (Lipinski definition) is 1. The lowest BCUT2D eigenvalue weighted by Crippen LogP contribution is -2.45. The minimum Gasteiger partial charge on any atom is -0.350 e. The van der Waals surface area contributed by atoms with Crippen LogP contribution in [0.1, 0.15) is 62.4 Å². The molecule has 0 bridgehead atoms. The predicted molar refractivity (Wildman–Crippen MR) is 94.0 cm³/mol. The number of rotatable bonds is 6. The molecule has 1 amide bonds. The first-order valence-electron chi connectivity index (χ1n) is 8.13. The van der Waals surface area contributed by atoms with Crippen LogP contribution in [0.15, 0.2) is 6.07 Å². The van der Waals surface area contributed by atoms with Crippen LogP contribution in [0.4, 0.5) is 0 Å². The van der Waals surface area contributed by atoms with E-state index < -0.39 is 0 Å². The van der Waals surface area contributed by atoms with Crippen molar-refractivity contribution in [2.45, 2.75) is 60.0 Å². The number of ketones is 1. The number of aromatic nitrogens is 1. The van der Waals surface area contributed by atoms with E-state index >= 15 is 0 Å². The molecule has 130 valence electrons. The van der Waals surface area contributed by atoms with Gasteiger partial charge in [0, 0.05) is 28.5 Å². The van der Waals surface area contributed by atoms with Crippen molar-refractivity contribution in [2.24, 2.45) is 0 Å². The summed E-state index contributed by atoms with van der Waals surface area (Å²) in [5.74, 6) is -0.0171. The van der Waals surface area contributed by atoms with Crippen LogP contribution in [0.2, 0.25) is 0 Å². The monoisotopic (exact) mass is 321 g/mol. The molecule has 0 aliphatic carbocycles. The van der Waals surface area contributed by atoms with Gasteiger partial charge in [-0.05, 0) is 61.6 Å². The highest BCUT2D eigenvalue weighted by Crippen LogP contribution is 2.20. The van der Waals surface area contributed by atoms with Crippen LogP contribution in [0.5, 0.6) is 0 Å². The highest BCUT2D eigenvalue weighted by Gasteiger charge is 2.20. The van der Waals surface area contributed by atoms with Crippen molar-refractivity contribution in [1.29, 1.82) is 0 Å². The first-order valence-corrected chi connectivity index (χ1v) is 8.13. The van der Waals surface area contributed by atoms with E-state index in [2.05, 4.69) is 23.7 Å². The fraction of sp³-hybridized carbons (Fsp3) is 0.667. The van der Waals surface area contributed by atoms with Crippen molar-refractivity contribution >= 4 is 11.7 Å². The Kier molecular flexibility index (Phi) is 6.17. The normalized spacial score (nSPS) is 12.1. The Hall–Kier alpha value is -1.62. The highest BCUT2D eigenvalue weighted by molar-refractivity contribution is 5.99. The average molecular weight is 321 g/mol. The lowest BCUT2D eigenvalue weighted by Gasteiger charge is -2.23. The van der Waals surface area contributed by atoms with Crippen molar-refractivity contribution in [3.05, 3.63) is 23.0 Å². The number of carbonyl (C=O) groups excluding carboxylic acids is 2. The predicted octanol–water partition coefficient (Wildman–Crippen LogP) is 2.72. The number of Topliss-reactive ketones (excluding diaryl/α,β-unsaturated/α-hetero) is 1. The molecular formula is C18H31N3O2. The van der Waals surface area contributed by atoms with Crippen LogP contribution < -0.4 is 5.32 Å². The van der Waals surface area contributed by atoms with E-state index in [1.54, 1.807) is 11.9 Å². The Balaban J connectivity index is 2.73. The Labute approximate surface area is 140 Å². The Morgan fingerprint density at radius 2 is 1.78 bits per heavy atom. The number of likely N-dealkylation sites (N-methyl/N-ethyl adjacent to an activating group) is 1. The van der Waals surface area contributed by atoms with Crippen LogP contribution in [0.25, 0.3) is 0 Å². The molecule has 1 heterocycles. The maximum Gasteiger partial charge on any atom is 0.234 e. The van der Waals surface area contributed by atoms with E-state index in [9.17, 15) is 9.59 Å². The lowest BCUT2D eigenvalue weighted by molar-refractivity contribution is -0.123. The van der Waals surface area contributed by atoms with E-state index in [0.29, 0.717) is 6.04 Å². The van der Waals surface area contributed by atoms with Crippen molar-refractivity contribution < 1.29 is 9.59 Å². The van der Waals surface area contributed by atoms with E-state index in [1.165, 1.54) is 0 Å². The van der Waals surface area contributed by atoms with Crippen molar-refractivity contribution in [3.63, 3.8) is 0 Å². The van der Waals surface area contributed by atoms with E-state index in [4.69, 9.17) is 0 Å². The van der Waals surface area contributed by atoms with Gasteiger partial charge < -0.3 is 9.88 Å². The molecule has 0 aliphatic rings. The third-order valence-electron chi connectivity index (χ3n) is 3.64. The van der Waals surface area contributed by atoms with Gasteiger partial charge in [0.2, 0.25) is 5.91 Å². The Morgan fingerprint density at radius 1 is 1.22 bits per heavy atom. The molecular weight excluding hydrogens is 290 g/mol. The fourth-order valence-corrected chi connectivity index (χ4v) is 2.94. The average Bonchev–Trinajstić information content (AvgIpc) is 2.61. The molecule has 0 saturated carbocycles. The Morgan fingerprint density at radius 3 is 2.22 bits per heavy atom. The summed E-state index contributed by atoms with van der Waals surface area (Å²) in [4.78, 5) is 26.2. The fourth-order valence-electron chi connectivity index (χ4n) is 2.94. The number of amides is 1. The van der Waals surface area contributed by atoms with Gasteiger partial charge in [0.25, 0.3) is 0 Å². The Bertz CT molecular complexity index is 580. The summed E-state index contributed by atoms with van der Waals surface area (Å²) in [5, 5.41) is 2.91. The molecule has 5 heteroatoms. The molecule has 0 aliphatic heterocycles. The summed E-state index contributed by atoms with van der Waals surface area (Å²) in [5.41, 5.74) is 2.58. The summed E-state index contributed by atoms with van der Waals surface area (Å²) in [7, 11) is 1.79. The van der Waals surface area contributed by atoms with Crippen molar-refractivity contribution in [2.75, 3.05) is 20.1 Å². The van der Waals surface area contributed by atoms with Gasteiger partial charge in [-0.1, -0.05) is 0 Å². The van der Waals surface area contributed by atoms with Crippen LogP contribution in [0.3, 0.4) is 0 Å².